The Hall–Kier alpha value is -1.92. The molecule has 0 saturated carbocycles. The number of aliphatic hydroxyl groups is 1. The fourth-order valence-corrected chi connectivity index (χ4v) is 3.10. The first kappa shape index (κ1) is 18.4. The molecule has 1 aromatic rings. The zero-order chi connectivity index (χ0) is 17.7. The maximum Gasteiger partial charge on any atom is 0.256 e. The second-order valence-electron chi connectivity index (χ2n) is 6.30. The second kappa shape index (κ2) is 7.77. The van der Waals surface area contributed by atoms with Gasteiger partial charge in [0.2, 0.25) is 0 Å². The fourth-order valence-electron chi connectivity index (χ4n) is 3.10. The lowest BCUT2D eigenvalue weighted by Crippen LogP contribution is -2.57. The highest BCUT2D eigenvalue weighted by molar-refractivity contribution is 5.86. The van der Waals surface area contributed by atoms with Crippen LogP contribution in [0.5, 0.6) is 5.75 Å². The predicted octanol–water partition coefficient (Wildman–Crippen LogP) is 1.81. The number of carbonyl (C=O) groups is 1. The Morgan fingerprint density at radius 1 is 1.54 bits per heavy atom. The number of rotatable bonds is 7. The minimum Gasteiger partial charge on any atom is -0.497 e. The number of piperidine rings is 1. The molecule has 0 spiro atoms. The third-order valence-corrected chi connectivity index (χ3v) is 4.29. The molecule has 2 rings (SSSR count). The minimum atomic E-state index is -1.44. The van der Waals surface area contributed by atoms with Gasteiger partial charge in [-0.3, -0.25) is 9.69 Å². The van der Waals surface area contributed by atoms with Crippen molar-refractivity contribution in [2.24, 2.45) is 0 Å². The van der Waals surface area contributed by atoms with Crippen molar-refractivity contribution in [2.45, 2.75) is 25.0 Å². The van der Waals surface area contributed by atoms with Gasteiger partial charge in [0.25, 0.3) is 5.91 Å². The van der Waals surface area contributed by atoms with Gasteiger partial charge in [0.1, 0.15) is 11.6 Å². The summed E-state index contributed by atoms with van der Waals surface area (Å²) in [4.78, 5) is 16.1. The van der Waals surface area contributed by atoms with Crippen molar-refractivity contribution in [3.8, 4) is 5.75 Å². The lowest BCUT2D eigenvalue weighted by molar-refractivity contribution is -0.159. The van der Waals surface area contributed by atoms with E-state index in [9.17, 15) is 14.3 Å². The van der Waals surface area contributed by atoms with E-state index in [4.69, 9.17) is 4.74 Å². The average Bonchev–Trinajstić information content (AvgIpc) is 2.54. The molecule has 1 saturated heterocycles. The number of likely N-dealkylation sites (tertiary alicyclic amines) is 1. The number of likely N-dealkylation sites (N-methyl/N-ethyl adjacent to an activating group) is 1. The van der Waals surface area contributed by atoms with Crippen LogP contribution in [0.25, 0.3) is 0 Å². The Morgan fingerprint density at radius 3 is 2.96 bits per heavy atom. The number of hydrogen-bond acceptors (Lipinski definition) is 4. The molecule has 0 radical (unpaired) electrons. The summed E-state index contributed by atoms with van der Waals surface area (Å²) >= 11 is 0. The van der Waals surface area contributed by atoms with Gasteiger partial charge in [-0.15, -0.1) is 6.58 Å². The van der Waals surface area contributed by atoms with Gasteiger partial charge in [0.15, 0.2) is 5.60 Å². The van der Waals surface area contributed by atoms with Crippen LogP contribution in [-0.2, 0) is 11.3 Å². The smallest absolute Gasteiger partial charge is 0.256 e. The van der Waals surface area contributed by atoms with Crippen LogP contribution in [-0.4, -0.2) is 60.2 Å². The average molecular weight is 336 g/mol. The fraction of sp³-hybridized carbons (Fsp3) is 0.500. The van der Waals surface area contributed by atoms with Gasteiger partial charge < -0.3 is 14.7 Å². The molecular weight excluding hydrogens is 311 g/mol. The van der Waals surface area contributed by atoms with Crippen LogP contribution < -0.4 is 4.74 Å². The summed E-state index contributed by atoms with van der Waals surface area (Å²) in [5, 5.41) is 10.8. The van der Waals surface area contributed by atoms with E-state index in [2.05, 4.69) is 6.58 Å². The van der Waals surface area contributed by atoms with Crippen LogP contribution in [0.4, 0.5) is 4.39 Å². The molecule has 0 aromatic heterocycles. The van der Waals surface area contributed by atoms with Gasteiger partial charge in [0, 0.05) is 31.7 Å². The molecule has 1 unspecified atom stereocenters. The number of hydrogen-bond donors (Lipinski definition) is 1. The molecule has 1 heterocycles. The molecule has 1 fully saturated rings. The summed E-state index contributed by atoms with van der Waals surface area (Å²) in [6.45, 7) is 5.10. The monoisotopic (exact) mass is 336 g/mol. The first-order valence-electron chi connectivity index (χ1n) is 8.03. The third-order valence-electron chi connectivity index (χ3n) is 4.29. The number of carbonyl (C=O) groups excluding carboxylic acids is 1. The van der Waals surface area contributed by atoms with E-state index >= 15 is 0 Å². The number of methoxy groups -OCH3 is 1. The molecule has 1 atom stereocenters. The Balaban J connectivity index is 2.14. The van der Waals surface area contributed by atoms with E-state index in [1.165, 1.54) is 24.1 Å². The van der Waals surface area contributed by atoms with Gasteiger partial charge in [-0.05, 0) is 38.1 Å². The quantitative estimate of drug-likeness (QED) is 0.772. The SMILES string of the molecule is C=CCN(C)CC1(O)CCCN(Cc2cc(OC)ccc2F)C1=O. The first-order valence-corrected chi connectivity index (χ1v) is 8.03. The van der Waals surface area contributed by atoms with E-state index < -0.39 is 5.60 Å². The largest absolute Gasteiger partial charge is 0.497 e. The maximum atomic E-state index is 14.0. The molecule has 1 aliphatic rings. The van der Waals surface area contributed by atoms with Crippen LogP contribution >= 0.6 is 0 Å². The summed E-state index contributed by atoms with van der Waals surface area (Å²) in [5.41, 5.74) is -1.06. The van der Waals surface area contributed by atoms with Crippen molar-refractivity contribution in [1.82, 2.24) is 9.80 Å². The highest BCUT2D eigenvalue weighted by atomic mass is 19.1. The third kappa shape index (κ3) is 4.13. The van der Waals surface area contributed by atoms with E-state index in [1.54, 1.807) is 12.1 Å². The van der Waals surface area contributed by atoms with Crippen molar-refractivity contribution in [3.05, 3.63) is 42.2 Å². The standard InChI is InChI=1S/C18H25FN2O3/c1-4-9-20(2)13-18(23)8-5-10-21(17(18)22)12-14-11-15(24-3)6-7-16(14)19/h4,6-7,11,23H,1,5,8-10,12-13H2,2-3H3. The van der Waals surface area contributed by atoms with Crippen LogP contribution in [0.1, 0.15) is 18.4 Å². The number of amides is 1. The molecule has 132 valence electrons. The summed E-state index contributed by atoms with van der Waals surface area (Å²) in [6.07, 6.45) is 2.81. The number of benzene rings is 1. The van der Waals surface area contributed by atoms with E-state index in [1.807, 2.05) is 11.9 Å². The Morgan fingerprint density at radius 2 is 2.29 bits per heavy atom. The van der Waals surface area contributed by atoms with Crippen LogP contribution in [0, 0.1) is 5.82 Å². The van der Waals surface area contributed by atoms with Crippen molar-refractivity contribution < 1.29 is 19.0 Å². The molecule has 6 heteroatoms. The molecular formula is C18H25FN2O3. The van der Waals surface area contributed by atoms with Crippen LogP contribution in [0.2, 0.25) is 0 Å². The first-order chi connectivity index (χ1) is 11.4. The number of ether oxygens (including phenoxy) is 1. The Bertz CT molecular complexity index is 608. The van der Waals surface area contributed by atoms with Gasteiger partial charge in [-0.2, -0.15) is 0 Å². The summed E-state index contributed by atoms with van der Waals surface area (Å²) in [6, 6.07) is 4.45. The summed E-state index contributed by atoms with van der Waals surface area (Å²) in [7, 11) is 3.34. The summed E-state index contributed by atoms with van der Waals surface area (Å²) < 4.78 is 19.1. The number of halogens is 1. The minimum absolute atomic E-state index is 0.120. The highest BCUT2D eigenvalue weighted by Gasteiger charge is 2.42. The molecule has 24 heavy (non-hydrogen) atoms. The summed E-state index contributed by atoms with van der Waals surface area (Å²) in [5.74, 6) is -0.204. The molecule has 0 aliphatic carbocycles. The van der Waals surface area contributed by atoms with Crippen molar-refractivity contribution in [2.75, 3.05) is 33.8 Å². The highest BCUT2D eigenvalue weighted by Crippen LogP contribution is 2.26. The maximum absolute atomic E-state index is 14.0. The molecule has 1 amide bonds. The van der Waals surface area contributed by atoms with Gasteiger partial charge in [-0.1, -0.05) is 6.08 Å². The lowest BCUT2D eigenvalue weighted by Gasteiger charge is -2.40. The topological polar surface area (TPSA) is 53.0 Å². The Labute approximate surface area is 142 Å². The van der Waals surface area contributed by atoms with Crippen molar-refractivity contribution in [1.29, 1.82) is 0 Å². The zero-order valence-electron chi connectivity index (χ0n) is 14.3. The molecule has 1 N–H and O–H groups in total. The molecule has 0 bridgehead atoms. The zero-order valence-corrected chi connectivity index (χ0v) is 14.3. The Kier molecular flexibility index (Phi) is 5.96. The second-order valence-corrected chi connectivity index (χ2v) is 6.30. The van der Waals surface area contributed by atoms with Gasteiger partial charge in [0.05, 0.1) is 7.11 Å². The van der Waals surface area contributed by atoms with E-state index in [0.717, 1.165) is 0 Å². The van der Waals surface area contributed by atoms with Crippen molar-refractivity contribution in [3.63, 3.8) is 0 Å². The van der Waals surface area contributed by atoms with Crippen LogP contribution in [0.3, 0.4) is 0 Å². The predicted molar refractivity (Wildman–Crippen MR) is 90.2 cm³/mol. The normalized spacial score (nSPS) is 21.2. The molecule has 5 nitrogen and oxygen atoms in total. The van der Waals surface area contributed by atoms with Crippen LogP contribution in [0.15, 0.2) is 30.9 Å². The van der Waals surface area contributed by atoms with Crippen molar-refractivity contribution >= 4 is 5.91 Å². The molecule has 1 aromatic carbocycles. The lowest BCUT2D eigenvalue weighted by atomic mass is 9.90. The number of nitrogens with zero attached hydrogens (tertiary/aromatic N) is 2. The molecule has 1 aliphatic heterocycles. The van der Waals surface area contributed by atoms with Gasteiger partial charge in [-0.25, -0.2) is 4.39 Å². The van der Waals surface area contributed by atoms with E-state index in [-0.39, 0.29) is 24.8 Å². The van der Waals surface area contributed by atoms with Gasteiger partial charge >= 0.3 is 0 Å². The van der Waals surface area contributed by atoms with E-state index in [0.29, 0.717) is 37.2 Å².